The highest BCUT2D eigenvalue weighted by Gasteiger charge is 2.23. The highest BCUT2D eigenvalue weighted by molar-refractivity contribution is 14.0. The van der Waals surface area contributed by atoms with Gasteiger partial charge in [-0.15, -0.1) is 24.0 Å². The van der Waals surface area contributed by atoms with Gasteiger partial charge >= 0.3 is 0 Å². The van der Waals surface area contributed by atoms with Crippen LogP contribution in [0.3, 0.4) is 0 Å². The summed E-state index contributed by atoms with van der Waals surface area (Å²) >= 11 is 0. The quantitative estimate of drug-likeness (QED) is 0.342. The number of benzene rings is 1. The zero-order chi connectivity index (χ0) is 20.6. The number of hydrogen-bond donors (Lipinski definition) is 2. The molecule has 1 aromatic carbocycles. The van der Waals surface area contributed by atoms with Crippen LogP contribution >= 0.6 is 24.0 Å². The Hall–Kier alpha value is -2.17. The number of nitrogens with one attached hydrogen (secondary N) is 2. The van der Waals surface area contributed by atoms with Gasteiger partial charge in [-0.1, -0.05) is 0 Å². The molecule has 0 unspecified atom stereocenters. The molecule has 164 valence electrons. The second kappa shape index (κ2) is 11.9. The Labute approximate surface area is 193 Å². The van der Waals surface area contributed by atoms with E-state index in [2.05, 4.69) is 25.5 Å². The van der Waals surface area contributed by atoms with E-state index in [1.165, 1.54) is 12.1 Å². The highest BCUT2D eigenvalue weighted by atomic mass is 127. The van der Waals surface area contributed by atoms with Crippen LogP contribution in [0.5, 0.6) is 0 Å². The maximum absolute atomic E-state index is 13.0. The summed E-state index contributed by atoms with van der Waals surface area (Å²) in [5.74, 6) is 1.62. The molecule has 0 spiro atoms. The standard InChI is InChI=1S/C21H28FN5O2.HI/c1-23-19(28)13-15-8-11-27(12-9-15)21(24-2)25-10-7-18-14-29-20(26-18)16-3-5-17(22)6-4-16;/h3-6,14-15H,7-13H2,1-2H3,(H,23,28)(H,24,25);1H. The van der Waals surface area contributed by atoms with Crippen molar-refractivity contribution >= 4 is 35.8 Å². The average Bonchev–Trinajstić information content (AvgIpc) is 3.21. The lowest BCUT2D eigenvalue weighted by atomic mass is 9.93. The van der Waals surface area contributed by atoms with Crippen molar-refractivity contribution in [3.05, 3.63) is 42.0 Å². The molecular formula is C21H29FIN5O2. The number of likely N-dealkylation sites (tertiary alicyclic amines) is 1. The van der Waals surface area contributed by atoms with Crippen LogP contribution in [0, 0.1) is 11.7 Å². The van der Waals surface area contributed by atoms with Gasteiger partial charge in [0.1, 0.15) is 12.1 Å². The number of aliphatic imine (C=N–C) groups is 1. The van der Waals surface area contributed by atoms with E-state index in [9.17, 15) is 9.18 Å². The van der Waals surface area contributed by atoms with Gasteiger partial charge in [0.15, 0.2) is 5.96 Å². The first-order valence-electron chi connectivity index (χ1n) is 9.95. The fraction of sp³-hybridized carbons (Fsp3) is 0.476. The maximum atomic E-state index is 13.0. The SMILES string of the molecule is CN=C(NCCc1coc(-c2ccc(F)cc2)n1)N1CCC(CC(=O)NC)CC1.I. The molecule has 2 heterocycles. The smallest absolute Gasteiger partial charge is 0.226 e. The lowest BCUT2D eigenvalue weighted by molar-refractivity contribution is -0.121. The molecule has 30 heavy (non-hydrogen) atoms. The van der Waals surface area contributed by atoms with Crippen LogP contribution in [0.2, 0.25) is 0 Å². The van der Waals surface area contributed by atoms with Crippen molar-refractivity contribution in [2.75, 3.05) is 33.7 Å². The first-order chi connectivity index (χ1) is 14.1. The Morgan fingerprint density at radius 1 is 1.30 bits per heavy atom. The van der Waals surface area contributed by atoms with Crippen molar-refractivity contribution in [1.82, 2.24) is 20.5 Å². The summed E-state index contributed by atoms with van der Waals surface area (Å²) < 4.78 is 18.5. The molecule has 0 aliphatic carbocycles. The lowest BCUT2D eigenvalue weighted by Crippen LogP contribution is -2.46. The summed E-state index contributed by atoms with van der Waals surface area (Å²) in [6.45, 7) is 2.46. The fourth-order valence-electron chi connectivity index (χ4n) is 3.49. The lowest BCUT2D eigenvalue weighted by Gasteiger charge is -2.34. The van der Waals surface area contributed by atoms with Crippen LogP contribution in [0.4, 0.5) is 4.39 Å². The summed E-state index contributed by atoms with van der Waals surface area (Å²) in [4.78, 5) is 22.6. The Morgan fingerprint density at radius 3 is 2.63 bits per heavy atom. The highest BCUT2D eigenvalue weighted by Crippen LogP contribution is 2.21. The summed E-state index contributed by atoms with van der Waals surface area (Å²) in [5, 5.41) is 6.07. The van der Waals surface area contributed by atoms with E-state index in [4.69, 9.17) is 4.42 Å². The molecule has 0 saturated carbocycles. The largest absolute Gasteiger partial charge is 0.444 e. The number of rotatable bonds is 6. The van der Waals surface area contributed by atoms with E-state index >= 15 is 0 Å². The summed E-state index contributed by atoms with van der Waals surface area (Å²) in [6.07, 6.45) is 4.89. The molecular weight excluding hydrogens is 500 g/mol. The Balaban J connectivity index is 0.00000320. The van der Waals surface area contributed by atoms with Crippen LogP contribution in [0.15, 0.2) is 39.9 Å². The third-order valence-electron chi connectivity index (χ3n) is 5.19. The van der Waals surface area contributed by atoms with Crippen LogP contribution in [-0.4, -0.2) is 55.5 Å². The molecule has 3 rings (SSSR count). The van der Waals surface area contributed by atoms with Gasteiger partial charge in [0.05, 0.1) is 5.69 Å². The van der Waals surface area contributed by atoms with E-state index in [1.807, 2.05) is 0 Å². The molecule has 1 aliphatic heterocycles. The number of halogens is 2. The summed E-state index contributed by atoms with van der Waals surface area (Å²) in [5.41, 5.74) is 1.58. The monoisotopic (exact) mass is 529 g/mol. The number of carbonyl (C=O) groups excluding carboxylic acids is 1. The molecule has 1 fully saturated rings. The first-order valence-corrected chi connectivity index (χ1v) is 9.95. The Kier molecular flexibility index (Phi) is 9.54. The second-order valence-corrected chi connectivity index (χ2v) is 7.18. The number of aromatic nitrogens is 1. The van der Waals surface area contributed by atoms with Crippen molar-refractivity contribution in [3.8, 4) is 11.5 Å². The van der Waals surface area contributed by atoms with Crippen LogP contribution in [0.25, 0.3) is 11.5 Å². The molecule has 1 aromatic heterocycles. The molecule has 1 saturated heterocycles. The van der Waals surface area contributed by atoms with Crippen molar-refractivity contribution < 1.29 is 13.6 Å². The maximum Gasteiger partial charge on any atom is 0.226 e. The number of amides is 1. The molecule has 0 radical (unpaired) electrons. The van der Waals surface area contributed by atoms with Crippen LogP contribution < -0.4 is 10.6 Å². The van der Waals surface area contributed by atoms with E-state index in [0.29, 0.717) is 31.2 Å². The molecule has 1 aliphatic rings. The number of nitrogens with zero attached hydrogens (tertiary/aromatic N) is 3. The van der Waals surface area contributed by atoms with Gasteiger partial charge in [-0.25, -0.2) is 9.37 Å². The number of carbonyl (C=O) groups is 1. The van der Waals surface area contributed by atoms with Crippen molar-refractivity contribution in [1.29, 1.82) is 0 Å². The van der Waals surface area contributed by atoms with Gasteiger partial charge in [0.2, 0.25) is 11.8 Å². The average molecular weight is 529 g/mol. The predicted octanol–water partition coefficient (Wildman–Crippen LogP) is 3.06. The zero-order valence-corrected chi connectivity index (χ0v) is 19.7. The van der Waals surface area contributed by atoms with E-state index in [-0.39, 0.29) is 35.7 Å². The fourth-order valence-corrected chi connectivity index (χ4v) is 3.49. The molecule has 0 atom stereocenters. The third-order valence-corrected chi connectivity index (χ3v) is 5.19. The number of oxazole rings is 1. The third kappa shape index (κ3) is 6.68. The normalized spacial score (nSPS) is 14.9. The van der Waals surface area contributed by atoms with E-state index in [0.717, 1.165) is 43.1 Å². The zero-order valence-electron chi connectivity index (χ0n) is 17.4. The van der Waals surface area contributed by atoms with Crippen LogP contribution in [0.1, 0.15) is 25.0 Å². The molecule has 9 heteroatoms. The van der Waals surface area contributed by atoms with Gasteiger partial charge in [0.25, 0.3) is 0 Å². The molecule has 2 aromatic rings. The first kappa shape index (κ1) is 24.1. The Morgan fingerprint density at radius 2 is 2.00 bits per heavy atom. The van der Waals surface area contributed by atoms with Gasteiger partial charge in [-0.2, -0.15) is 0 Å². The van der Waals surface area contributed by atoms with Gasteiger partial charge in [-0.05, 0) is 43.0 Å². The minimum absolute atomic E-state index is 0. The predicted molar refractivity (Wildman–Crippen MR) is 125 cm³/mol. The molecule has 0 bridgehead atoms. The number of hydrogen-bond acceptors (Lipinski definition) is 4. The minimum atomic E-state index is -0.284. The number of piperidine rings is 1. The van der Waals surface area contributed by atoms with E-state index in [1.54, 1.807) is 32.5 Å². The second-order valence-electron chi connectivity index (χ2n) is 7.18. The van der Waals surface area contributed by atoms with Gasteiger partial charge in [-0.3, -0.25) is 9.79 Å². The van der Waals surface area contributed by atoms with Crippen molar-refractivity contribution in [2.24, 2.45) is 10.9 Å². The minimum Gasteiger partial charge on any atom is -0.444 e. The number of guanidine groups is 1. The van der Waals surface area contributed by atoms with E-state index < -0.39 is 0 Å². The summed E-state index contributed by atoms with van der Waals surface area (Å²) in [7, 11) is 3.46. The molecule has 7 nitrogen and oxygen atoms in total. The van der Waals surface area contributed by atoms with Gasteiger partial charge < -0.3 is 20.0 Å². The van der Waals surface area contributed by atoms with Crippen molar-refractivity contribution in [2.45, 2.75) is 25.7 Å². The topological polar surface area (TPSA) is 82.8 Å². The van der Waals surface area contributed by atoms with Gasteiger partial charge in [0, 0.05) is 52.1 Å². The molecule has 2 N–H and O–H groups in total. The Bertz CT molecular complexity index is 832. The van der Waals surface area contributed by atoms with Crippen LogP contribution in [-0.2, 0) is 11.2 Å². The molecule has 1 amide bonds. The summed E-state index contributed by atoms with van der Waals surface area (Å²) in [6, 6.07) is 6.09. The van der Waals surface area contributed by atoms with Crippen molar-refractivity contribution in [3.63, 3.8) is 0 Å².